The second kappa shape index (κ2) is 13.0. The molecular formula is C46H55N9O3. The van der Waals surface area contributed by atoms with Crippen LogP contribution in [0.25, 0.3) is 20.4 Å². The Morgan fingerprint density at radius 3 is 1.97 bits per heavy atom. The maximum Gasteiger partial charge on any atom is 0.226 e. The van der Waals surface area contributed by atoms with Crippen LogP contribution in [-0.2, 0) is 45.1 Å². The van der Waals surface area contributed by atoms with E-state index in [1.165, 1.54) is 13.0 Å². The van der Waals surface area contributed by atoms with E-state index in [0.29, 0.717) is 18.0 Å². The predicted molar refractivity (Wildman–Crippen MR) is 220 cm³/mol. The molecule has 6 aliphatic rings. The highest BCUT2D eigenvalue weighted by atomic mass is 16.3. The average Bonchev–Trinajstić information content (AvgIpc) is 3.97. The van der Waals surface area contributed by atoms with Gasteiger partial charge in [0.15, 0.2) is 17.4 Å². The highest BCUT2D eigenvalue weighted by Gasteiger charge is 2.57. The second-order valence-corrected chi connectivity index (χ2v) is 19.6. The van der Waals surface area contributed by atoms with E-state index in [-0.39, 0.29) is 51.4 Å². The van der Waals surface area contributed by atoms with Crippen LogP contribution in [0.15, 0.2) is 47.4 Å². The number of aromatic amines is 2. The molecule has 12 nitrogen and oxygen atoms in total. The second-order valence-electron chi connectivity index (χ2n) is 19.6. The minimum Gasteiger partial charge on any atom is -0.523 e. The fraction of sp³-hybridized carbons (Fsp3) is 0.565. The smallest absolute Gasteiger partial charge is 0.226 e. The molecule has 3 aromatic rings. The molecule has 0 unspecified atom stereocenters. The average molecular weight is 784 g/mol. The number of hydrogen-bond donors (Lipinski definition) is 3. The summed E-state index contributed by atoms with van der Waals surface area (Å²) in [6.07, 6.45) is 13.5. The van der Waals surface area contributed by atoms with Crippen molar-refractivity contribution in [3.05, 3.63) is 115 Å². The molecule has 0 spiro atoms. The van der Waals surface area contributed by atoms with Gasteiger partial charge in [0.25, 0.3) is 0 Å². The van der Waals surface area contributed by atoms with Gasteiger partial charge in [-0.1, -0.05) is 81.9 Å². The molecule has 3 aromatic heterocycles. The van der Waals surface area contributed by atoms with Crippen LogP contribution in [0.2, 0.25) is 0 Å². The molecule has 12 heteroatoms. The number of carbonyl (C=O) groups is 2. The van der Waals surface area contributed by atoms with Crippen LogP contribution < -0.4 is 0 Å². The lowest BCUT2D eigenvalue weighted by molar-refractivity contribution is -0.129. The molecule has 58 heavy (non-hydrogen) atoms. The fourth-order valence-electron chi connectivity index (χ4n) is 12.5. The summed E-state index contributed by atoms with van der Waals surface area (Å²) in [4.78, 5) is 36.8. The first-order valence-electron chi connectivity index (χ1n) is 21.0. The molecule has 0 amide bonds. The monoisotopic (exact) mass is 783 g/mol. The van der Waals surface area contributed by atoms with Crippen molar-refractivity contribution in [1.82, 2.24) is 30.2 Å². The zero-order valence-electron chi connectivity index (χ0n) is 36.4. The maximum atomic E-state index is 13.0. The molecule has 302 valence electrons. The number of fused-ring (bicyclic) bond motifs is 9. The van der Waals surface area contributed by atoms with Gasteiger partial charge in [-0.2, -0.15) is 15.3 Å². The number of hydrogen-bond acceptors (Lipinski definition) is 6. The van der Waals surface area contributed by atoms with Crippen LogP contribution in [0.4, 0.5) is 0 Å². The van der Waals surface area contributed by atoms with Gasteiger partial charge >= 0.3 is 0 Å². The fourth-order valence-corrected chi connectivity index (χ4v) is 12.5. The van der Waals surface area contributed by atoms with Gasteiger partial charge in [0.2, 0.25) is 17.1 Å². The summed E-state index contributed by atoms with van der Waals surface area (Å²) in [5.74, 6) is 1.30. The Kier molecular flexibility index (Phi) is 8.80. The van der Waals surface area contributed by atoms with Crippen molar-refractivity contribution < 1.29 is 16.1 Å². The van der Waals surface area contributed by atoms with E-state index in [1.807, 2.05) is 56.9 Å². The quantitative estimate of drug-likeness (QED) is 0.210. The van der Waals surface area contributed by atoms with Crippen molar-refractivity contribution in [3.63, 3.8) is 0 Å². The maximum absolute atomic E-state index is 13.0. The lowest BCUT2D eigenvalue weighted by Crippen LogP contribution is -2.51. The topological polar surface area (TPSA) is 143 Å². The first-order valence-corrected chi connectivity index (χ1v) is 20.0. The van der Waals surface area contributed by atoms with Crippen LogP contribution in [0.1, 0.15) is 131 Å². The molecule has 6 atom stereocenters. The molecule has 0 fully saturated rings. The highest BCUT2D eigenvalue weighted by molar-refractivity contribution is 6.03. The van der Waals surface area contributed by atoms with E-state index in [4.69, 9.17) is 31.3 Å². The van der Waals surface area contributed by atoms with Crippen LogP contribution in [-0.4, -0.2) is 46.8 Å². The molecule has 0 saturated heterocycles. The number of aryl methyl sites for hydroxylation is 2. The number of nitrogens with one attached hydrogen (secondary N) is 2. The van der Waals surface area contributed by atoms with Gasteiger partial charge in [-0.25, -0.2) is 19.2 Å². The molecule has 6 aliphatic carbocycles. The van der Waals surface area contributed by atoms with Gasteiger partial charge in [0.1, 0.15) is 5.76 Å². The van der Waals surface area contributed by atoms with Crippen LogP contribution >= 0.6 is 0 Å². The van der Waals surface area contributed by atoms with Crippen molar-refractivity contribution in [2.75, 3.05) is 0 Å². The summed E-state index contributed by atoms with van der Waals surface area (Å²) >= 11 is 0. The Balaban J connectivity index is 0.000000210. The number of rotatable bonds is 1. The van der Waals surface area contributed by atoms with E-state index in [0.717, 1.165) is 72.6 Å². The number of aliphatic hydroxyl groups excluding tert-OH is 1. The molecule has 0 aliphatic heterocycles. The van der Waals surface area contributed by atoms with Gasteiger partial charge in [0, 0.05) is 57.0 Å². The lowest BCUT2D eigenvalue weighted by atomic mass is 9.53. The van der Waals surface area contributed by atoms with Crippen molar-refractivity contribution in [1.29, 1.82) is 0 Å². The molecule has 3 N–H and O–H groups in total. The van der Waals surface area contributed by atoms with E-state index in [1.54, 1.807) is 0 Å². The normalized spacial score (nSPS) is 32.1. The van der Waals surface area contributed by atoms with Crippen molar-refractivity contribution in [3.8, 4) is 5.82 Å². The largest absolute Gasteiger partial charge is 0.523 e. The molecule has 0 aromatic carbocycles. The third-order valence-corrected chi connectivity index (χ3v) is 15.4. The molecular weight excluding hydrogens is 727 g/mol. The molecule has 0 saturated carbocycles. The van der Waals surface area contributed by atoms with Crippen LogP contribution in [0, 0.1) is 53.7 Å². The first-order chi connectivity index (χ1) is 27.7. The Hall–Kier alpha value is -5.54. The number of ketones is 2. The minimum absolute atomic E-state index is 0.0517. The summed E-state index contributed by atoms with van der Waals surface area (Å²) in [5, 5.41) is 30.8. The number of carbonyl (C=O) groups excluding carboxylic acids is 2. The third kappa shape index (κ3) is 5.24. The third-order valence-electron chi connectivity index (χ3n) is 15.4. The zero-order valence-corrected chi connectivity index (χ0v) is 35.4. The number of H-pyrrole nitrogens is 2. The van der Waals surface area contributed by atoms with Gasteiger partial charge in [-0.3, -0.25) is 10.2 Å². The van der Waals surface area contributed by atoms with Crippen molar-refractivity contribution >= 4 is 11.6 Å². The Bertz CT molecular complexity index is 2510. The summed E-state index contributed by atoms with van der Waals surface area (Å²) in [7, 11) is 1.25. The number of Topliss-reactive ketones (excluding diaryl/α,β-unsaturated/α-hetero) is 2. The molecule has 0 radical (unpaired) electrons. The predicted octanol–water partition coefficient (Wildman–Crippen LogP) is 9.04. The molecule has 0 bridgehead atoms. The zero-order chi connectivity index (χ0) is 43.2. The highest BCUT2D eigenvalue weighted by Crippen LogP contribution is 2.59. The molecule has 9 rings (SSSR count). The summed E-state index contributed by atoms with van der Waals surface area (Å²) < 4.78 is 7.60. The Morgan fingerprint density at radius 1 is 0.776 bits per heavy atom. The number of nitrogens with zero attached hydrogens (tertiary/aromatic N) is 7. The summed E-state index contributed by atoms with van der Waals surface area (Å²) in [6.45, 7) is 40.9. The van der Waals surface area contributed by atoms with Gasteiger partial charge in [0.05, 0.1) is 31.6 Å². The van der Waals surface area contributed by atoms with Gasteiger partial charge in [-0.05, 0) is 73.8 Å². The SMILES string of the molecule is [3H]C.[C-]#[N+]C1=C(O)C(C)(C)[C@@H]2CCc3cn[nH]c3[C@@]2(C)C1.[C-]#[N+]C1=C[C@]2(C)c3nn(-c4n[nH]c5c4CC[C@H]4C(C)(C)C(=O)C([N+]#[C-])=C[C@]54C)cc3CC[C@H]2C(C)(C)C1=O. The molecule has 3 heterocycles. The van der Waals surface area contributed by atoms with Crippen LogP contribution in [0.3, 0.4) is 0 Å². The van der Waals surface area contributed by atoms with E-state index in [9.17, 15) is 14.7 Å². The van der Waals surface area contributed by atoms with E-state index >= 15 is 0 Å². The van der Waals surface area contributed by atoms with Gasteiger partial charge < -0.3 is 14.7 Å². The van der Waals surface area contributed by atoms with Crippen molar-refractivity contribution in [2.45, 2.75) is 131 Å². The standard InChI is InChI=1S/C30H32N6O2.C15H19N3O.CH4/c1-27(2)20-11-9-16-15-36(35-22(16)29(20,5)13-18(31-7)24(27)37)26-17-10-12-21-28(3,4)25(38)19(32-8)14-30(21,6)23(17)33-34-26;1-14(2)11-6-5-9-8-17-18-12(9)15(11,3)7-10(16-4)13(14)19;/h13-15,20-21H,9-12H2,1-6H3,(H,33,34);8,11,19H,5-7H2,1-3H3,(H,17,18);1H4/t20-,21-,29-,30-;11-,15-;/m00./s1/i;;1T. The summed E-state index contributed by atoms with van der Waals surface area (Å²) in [6, 6.07) is 0. The summed E-state index contributed by atoms with van der Waals surface area (Å²) in [5.41, 5.74) is 4.56. The lowest BCUT2D eigenvalue weighted by Gasteiger charge is -2.52. The van der Waals surface area contributed by atoms with Crippen molar-refractivity contribution in [2.24, 2.45) is 34.0 Å². The van der Waals surface area contributed by atoms with E-state index < -0.39 is 21.7 Å². The number of aliphatic hydroxyl groups is 1. The number of allylic oxidation sites excluding steroid dienone is 6. The van der Waals surface area contributed by atoms with Crippen LogP contribution in [0.5, 0.6) is 0 Å². The Labute approximate surface area is 343 Å². The number of aromatic nitrogens is 6. The first kappa shape index (κ1) is 39.3. The Morgan fingerprint density at radius 2 is 1.34 bits per heavy atom. The van der Waals surface area contributed by atoms with Gasteiger partial charge in [-0.15, -0.1) is 0 Å². The van der Waals surface area contributed by atoms with E-state index in [2.05, 4.69) is 64.4 Å². The minimum atomic E-state index is -0.641.